The number of hydrogen-bond acceptors (Lipinski definition) is 1. The van der Waals surface area contributed by atoms with E-state index in [2.05, 4.69) is 13.5 Å². The summed E-state index contributed by atoms with van der Waals surface area (Å²) in [7, 11) is 0. The first-order valence-electron chi connectivity index (χ1n) is 4.04. The smallest absolute Gasteiger partial charge is 0.0431 e. The Hall–Kier alpha value is -0.300. The van der Waals surface area contributed by atoms with E-state index in [1.165, 1.54) is 12.8 Å². The molecular formula is C9H18O. The molecule has 0 aromatic carbocycles. The van der Waals surface area contributed by atoms with Crippen LogP contribution in [0.3, 0.4) is 0 Å². The van der Waals surface area contributed by atoms with E-state index in [0.717, 1.165) is 12.8 Å². The Kier molecular flexibility index (Phi) is 6.61. The van der Waals surface area contributed by atoms with Crippen molar-refractivity contribution >= 4 is 0 Å². The van der Waals surface area contributed by atoms with Gasteiger partial charge in [0.1, 0.15) is 0 Å². The van der Waals surface area contributed by atoms with Crippen molar-refractivity contribution in [3.05, 3.63) is 12.7 Å². The molecule has 1 N–H and O–H groups in total. The van der Waals surface area contributed by atoms with Crippen LogP contribution < -0.4 is 0 Å². The van der Waals surface area contributed by atoms with E-state index in [4.69, 9.17) is 5.11 Å². The van der Waals surface area contributed by atoms with Crippen LogP contribution >= 0.6 is 0 Å². The average Bonchev–Trinajstić information content (AvgIpc) is 1.98. The fourth-order valence-corrected chi connectivity index (χ4v) is 0.873. The summed E-state index contributed by atoms with van der Waals surface area (Å²) in [6.07, 6.45) is 6.51. The van der Waals surface area contributed by atoms with Gasteiger partial charge < -0.3 is 5.11 Å². The zero-order chi connectivity index (χ0) is 7.82. The highest BCUT2D eigenvalue weighted by atomic mass is 16.2. The molecule has 10 heavy (non-hydrogen) atoms. The third kappa shape index (κ3) is 5.83. The van der Waals surface area contributed by atoms with Crippen LogP contribution in [-0.4, -0.2) is 11.7 Å². The minimum Gasteiger partial charge on any atom is -0.396 e. The molecule has 1 atom stereocenters. The molecule has 0 aliphatic carbocycles. The van der Waals surface area contributed by atoms with Crippen LogP contribution in [0.4, 0.5) is 0 Å². The van der Waals surface area contributed by atoms with Gasteiger partial charge in [-0.05, 0) is 18.8 Å². The standard InChI is InChI=1S/C9H18O/c1-3-9(2)7-5-4-6-8-10/h3,9-10H,1,4-8H2,2H3/t9-/m0/s1. The van der Waals surface area contributed by atoms with Gasteiger partial charge in [0, 0.05) is 6.61 Å². The lowest BCUT2D eigenvalue weighted by molar-refractivity contribution is 0.281. The fraction of sp³-hybridized carbons (Fsp3) is 0.778. The average molecular weight is 142 g/mol. The molecule has 0 aliphatic heterocycles. The quantitative estimate of drug-likeness (QED) is 0.446. The molecule has 0 saturated carbocycles. The number of aliphatic hydroxyl groups excluding tert-OH is 1. The van der Waals surface area contributed by atoms with Crippen molar-refractivity contribution in [2.45, 2.75) is 32.6 Å². The maximum absolute atomic E-state index is 8.47. The van der Waals surface area contributed by atoms with Gasteiger partial charge in [-0.2, -0.15) is 0 Å². The van der Waals surface area contributed by atoms with Crippen LogP contribution in [0.5, 0.6) is 0 Å². The molecule has 0 unspecified atom stereocenters. The predicted octanol–water partition coefficient (Wildman–Crippen LogP) is 2.36. The third-order valence-electron chi connectivity index (χ3n) is 1.72. The second kappa shape index (κ2) is 6.81. The first kappa shape index (κ1) is 9.70. The molecule has 1 nitrogen and oxygen atoms in total. The second-order valence-corrected chi connectivity index (χ2v) is 2.79. The van der Waals surface area contributed by atoms with Gasteiger partial charge in [0.05, 0.1) is 0 Å². The number of hydrogen-bond donors (Lipinski definition) is 1. The largest absolute Gasteiger partial charge is 0.396 e. The minimum atomic E-state index is 0.336. The topological polar surface area (TPSA) is 20.2 Å². The molecular weight excluding hydrogens is 124 g/mol. The highest BCUT2D eigenvalue weighted by molar-refractivity contribution is 4.74. The molecule has 0 saturated heterocycles. The van der Waals surface area contributed by atoms with E-state index in [1.807, 2.05) is 6.08 Å². The fourth-order valence-electron chi connectivity index (χ4n) is 0.873. The van der Waals surface area contributed by atoms with Gasteiger partial charge in [0.15, 0.2) is 0 Å². The number of allylic oxidation sites excluding steroid dienone is 1. The summed E-state index contributed by atoms with van der Waals surface area (Å²) in [4.78, 5) is 0. The lowest BCUT2D eigenvalue weighted by Gasteiger charge is -2.03. The van der Waals surface area contributed by atoms with Gasteiger partial charge in [0.25, 0.3) is 0 Å². The van der Waals surface area contributed by atoms with E-state index in [1.54, 1.807) is 0 Å². The van der Waals surface area contributed by atoms with Crippen molar-refractivity contribution in [2.24, 2.45) is 5.92 Å². The van der Waals surface area contributed by atoms with Crippen LogP contribution in [0.15, 0.2) is 12.7 Å². The Morgan fingerprint density at radius 3 is 2.60 bits per heavy atom. The number of unbranched alkanes of at least 4 members (excludes halogenated alkanes) is 2. The van der Waals surface area contributed by atoms with E-state index >= 15 is 0 Å². The first-order chi connectivity index (χ1) is 4.81. The second-order valence-electron chi connectivity index (χ2n) is 2.79. The van der Waals surface area contributed by atoms with E-state index in [9.17, 15) is 0 Å². The van der Waals surface area contributed by atoms with Crippen molar-refractivity contribution in [3.8, 4) is 0 Å². The maximum atomic E-state index is 8.47. The Balaban J connectivity index is 2.95. The van der Waals surface area contributed by atoms with E-state index in [0.29, 0.717) is 12.5 Å². The summed E-state index contributed by atoms with van der Waals surface area (Å²) in [6, 6.07) is 0. The molecule has 0 radical (unpaired) electrons. The van der Waals surface area contributed by atoms with E-state index in [-0.39, 0.29) is 0 Å². The molecule has 0 spiro atoms. The van der Waals surface area contributed by atoms with Crippen LogP contribution in [0.2, 0.25) is 0 Å². The van der Waals surface area contributed by atoms with Crippen molar-refractivity contribution < 1.29 is 5.11 Å². The number of aliphatic hydroxyl groups is 1. The highest BCUT2D eigenvalue weighted by Gasteiger charge is 1.94. The van der Waals surface area contributed by atoms with Crippen LogP contribution in [0, 0.1) is 5.92 Å². The molecule has 0 aromatic rings. The molecule has 0 fully saturated rings. The first-order valence-corrected chi connectivity index (χ1v) is 4.04. The Bertz CT molecular complexity index is 78.8. The van der Waals surface area contributed by atoms with Crippen LogP contribution in [0.1, 0.15) is 32.6 Å². The van der Waals surface area contributed by atoms with Gasteiger partial charge in [-0.25, -0.2) is 0 Å². The van der Waals surface area contributed by atoms with Gasteiger partial charge >= 0.3 is 0 Å². The van der Waals surface area contributed by atoms with Crippen molar-refractivity contribution in [1.29, 1.82) is 0 Å². The molecule has 1 heteroatoms. The van der Waals surface area contributed by atoms with Gasteiger partial charge in [-0.1, -0.05) is 25.8 Å². The molecule has 0 bridgehead atoms. The minimum absolute atomic E-state index is 0.336. The van der Waals surface area contributed by atoms with E-state index < -0.39 is 0 Å². The van der Waals surface area contributed by atoms with Crippen molar-refractivity contribution in [2.75, 3.05) is 6.61 Å². The highest BCUT2D eigenvalue weighted by Crippen LogP contribution is 2.08. The molecule has 0 amide bonds. The molecule has 0 heterocycles. The van der Waals surface area contributed by atoms with Crippen molar-refractivity contribution in [3.63, 3.8) is 0 Å². The summed E-state index contributed by atoms with van der Waals surface area (Å²) >= 11 is 0. The summed E-state index contributed by atoms with van der Waals surface area (Å²) in [5.41, 5.74) is 0. The zero-order valence-corrected chi connectivity index (χ0v) is 6.84. The van der Waals surface area contributed by atoms with Gasteiger partial charge in [-0.3, -0.25) is 0 Å². The molecule has 0 rings (SSSR count). The Morgan fingerprint density at radius 2 is 2.10 bits per heavy atom. The maximum Gasteiger partial charge on any atom is 0.0431 e. The lowest BCUT2D eigenvalue weighted by atomic mass is 10.0. The zero-order valence-electron chi connectivity index (χ0n) is 6.84. The normalized spacial score (nSPS) is 13.0. The van der Waals surface area contributed by atoms with Gasteiger partial charge in [0.2, 0.25) is 0 Å². The SMILES string of the molecule is C=C[C@H](C)CCCCCO. The molecule has 0 aromatic heterocycles. The number of rotatable bonds is 6. The van der Waals surface area contributed by atoms with Gasteiger partial charge in [-0.15, -0.1) is 6.58 Å². The lowest BCUT2D eigenvalue weighted by Crippen LogP contribution is -1.89. The summed E-state index contributed by atoms with van der Waals surface area (Å²) in [5.74, 6) is 0.638. The monoisotopic (exact) mass is 142 g/mol. The predicted molar refractivity (Wildman–Crippen MR) is 44.9 cm³/mol. The summed E-state index contributed by atoms with van der Waals surface area (Å²) < 4.78 is 0. The summed E-state index contributed by atoms with van der Waals surface area (Å²) in [6.45, 7) is 6.22. The Morgan fingerprint density at radius 1 is 1.40 bits per heavy atom. The van der Waals surface area contributed by atoms with Crippen molar-refractivity contribution in [1.82, 2.24) is 0 Å². The van der Waals surface area contributed by atoms with Crippen LogP contribution in [0.25, 0.3) is 0 Å². The van der Waals surface area contributed by atoms with Crippen LogP contribution in [-0.2, 0) is 0 Å². The molecule has 0 aliphatic rings. The Labute approximate surface area is 63.8 Å². The molecule has 60 valence electrons. The summed E-state index contributed by atoms with van der Waals surface area (Å²) in [5, 5.41) is 8.47. The third-order valence-corrected chi connectivity index (χ3v) is 1.72.